The lowest BCUT2D eigenvalue weighted by molar-refractivity contribution is 0.472. The molecule has 7 heteroatoms. The maximum atomic E-state index is 12.5. The van der Waals surface area contributed by atoms with E-state index in [0.29, 0.717) is 17.3 Å². The topological polar surface area (TPSA) is 63.2 Å². The van der Waals surface area contributed by atoms with E-state index in [1.54, 1.807) is 21.8 Å². The van der Waals surface area contributed by atoms with Gasteiger partial charge >= 0.3 is 0 Å². The Morgan fingerprint density at radius 2 is 2.00 bits per heavy atom. The Morgan fingerprint density at radius 1 is 1.29 bits per heavy atom. The summed E-state index contributed by atoms with van der Waals surface area (Å²) in [5, 5.41) is 1.79. The molecule has 0 N–H and O–H groups in total. The average molecular weight is 323 g/mol. The average Bonchev–Trinajstić information content (AvgIpc) is 3.10. The van der Waals surface area contributed by atoms with E-state index in [0.717, 1.165) is 23.6 Å². The molecule has 1 atom stereocenters. The van der Waals surface area contributed by atoms with Gasteiger partial charge in [0.2, 0.25) is 0 Å². The maximum absolute atomic E-state index is 12.5. The Bertz CT molecular complexity index is 721. The number of rotatable bonds is 3. The fourth-order valence-electron chi connectivity index (χ4n) is 2.63. The van der Waals surface area contributed by atoms with Gasteiger partial charge in [0.15, 0.2) is 0 Å². The lowest BCUT2D eigenvalue weighted by Gasteiger charge is -2.15. The van der Waals surface area contributed by atoms with Gasteiger partial charge in [0, 0.05) is 30.4 Å². The normalized spacial score (nSPS) is 20.0. The molecule has 0 spiro atoms. The van der Waals surface area contributed by atoms with Crippen molar-refractivity contribution in [1.82, 2.24) is 14.3 Å². The molecular formula is C14H17N3O2S2. The molecular weight excluding hydrogens is 306 g/mol. The molecule has 1 aliphatic rings. The van der Waals surface area contributed by atoms with Gasteiger partial charge in [0.25, 0.3) is 10.0 Å². The molecule has 3 heterocycles. The van der Waals surface area contributed by atoms with Gasteiger partial charge < -0.3 is 0 Å². The fourth-order valence-corrected chi connectivity index (χ4v) is 5.28. The van der Waals surface area contributed by atoms with Crippen LogP contribution in [-0.2, 0) is 10.0 Å². The van der Waals surface area contributed by atoms with E-state index in [4.69, 9.17) is 0 Å². The van der Waals surface area contributed by atoms with Crippen LogP contribution in [0, 0.1) is 13.8 Å². The third-order valence-electron chi connectivity index (χ3n) is 3.60. The minimum atomic E-state index is -3.36. The summed E-state index contributed by atoms with van der Waals surface area (Å²) in [5.41, 5.74) is 1.86. The zero-order chi connectivity index (χ0) is 15.0. The Labute approximate surface area is 128 Å². The summed E-state index contributed by atoms with van der Waals surface area (Å²) >= 11 is 1.26. The lowest BCUT2D eigenvalue weighted by Crippen LogP contribution is -2.28. The van der Waals surface area contributed by atoms with Crippen molar-refractivity contribution in [2.75, 3.05) is 13.1 Å². The summed E-state index contributed by atoms with van der Waals surface area (Å²) in [4.78, 5) is 8.93. The minimum Gasteiger partial charge on any atom is -0.238 e. The second kappa shape index (κ2) is 5.47. The first kappa shape index (κ1) is 14.6. The van der Waals surface area contributed by atoms with Crippen LogP contribution in [0.15, 0.2) is 27.8 Å². The van der Waals surface area contributed by atoms with Crippen molar-refractivity contribution in [1.29, 1.82) is 0 Å². The highest BCUT2D eigenvalue weighted by atomic mass is 32.2. The maximum Gasteiger partial charge on any atom is 0.252 e. The van der Waals surface area contributed by atoms with Gasteiger partial charge in [-0.15, -0.1) is 11.3 Å². The number of sulfonamides is 1. The summed E-state index contributed by atoms with van der Waals surface area (Å²) < 4.78 is 27.0. The van der Waals surface area contributed by atoms with Gasteiger partial charge in [0.05, 0.1) is 0 Å². The van der Waals surface area contributed by atoms with E-state index < -0.39 is 10.0 Å². The van der Waals surface area contributed by atoms with Crippen molar-refractivity contribution in [3.63, 3.8) is 0 Å². The van der Waals surface area contributed by atoms with Crippen molar-refractivity contribution in [3.8, 4) is 0 Å². The number of nitrogens with zero attached hydrogens (tertiary/aromatic N) is 3. The Morgan fingerprint density at radius 3 is 2.62 bits per heavy atom. The Hall–Kier alpha value is -1.31. The first-order valence-electron chi connectivity index (χ1n) is 6.82. The third-order valence-corrected chi connectivity index (χ3v) is 6.84. The zero-order valence-electron chi connectivity index (χ0n) is 12.0. The number of hydrogen-bond donors (Lipinski definition) is 0. The molecule has 0 amide bonds. The van der Waals surface area contributed by atoms with Crippen molar-refractivity contribution in [2.24, 2.45) is 0 Å². The predicted octanol–water partition coefficient (Wildman–Crippen LogP) is 2.33. The van der Waals surface area contributed by atoms with E-state index in [1.807, 2.05) is 19.9 Å². The van der Waals surface area contributed by atoms with Crippen LogP contribution in [-0.4, -0.2) is 35.8 Å². The lowest BCUT2D eigenvalue weighted by atomic mass is 10.1. The van der Waals surface area contributed by atoms with Crippen LogP contribution in [0.5, 0.6) is 0 Å². The van der Waals surface area contributed by atoms with E-state index in [-0.39, 0.29) is 5.92 Å². The second-order valence-electron chi connectivity index (χ2n) is 5.29. The predicted molar refractivity (Wildman–Crippen MR) is 81.9 cm³/mol. The van der Waals surface area contributed by atoms with E-state index >= 15 is 0 Å². The highest BCUT2D eigenvalue weighted by Gasteiger charge is 2.35. The van der Waals surface area contributed by atoms with Crippen molar-refractivity contribution in [2.45, 2.75) is 30.4 Å². The fraction of sp³-hybridized carbons (Fsp3) is 0.429. The molecule has 0 unspecified atom stereocenters. The van der Waals surface area contributed by atoms with Crippen LogP contribution < -0.4 is 0 Å². The van der Waals surface area contributed by atoms with Crippen LogP contribution in [0.2, 0.25) is 0 Å². The molecule has 1 aliphatic heterocycles. The molecule has 1 fully saturated rings. The summed E-state index contributed by atoms with van der Waals surface area (Å²) in [6.07, 6.45) is 0.771. The van der Waals surface area contributed by atoms with Gasteiger partial charge in [-0.1, -0.05) is 6.07 Å². The molecule has 1 saturated heterocycles. The van der Waals surface area contributed by atoms with Gasteiger partial charge in [-0.05, 0) is 37.8 Å². The highest BCUT2D eigenvalue weighted by Crippen LogP contribution is 2.31. The van der Waals surface area contributed by atoms with Crippen LogP contribution in [0.25, 0.3) is 0 Å². The number of hydrogen-bond acceptors (Lipinski definition) is 5. The smallest absolute Gasteiger partial charge is 0.238 e. The number of aryl methyl sites for hydroxylation is 2. The standard InChI is InChI=1S/C14H17N3O2S2/c1-10-8-11(2)16-14(15-10)12-5-6-17(9-12)21(18,19)13-4-3-7-20-13/h3-4,7-8,12H,5-6,9H2,1-2H3/t12-/m1/s1. The summed E-state index contributed by atoms with van der Waals surface area (Å²) in [5.74, 6) is 0.842. The van der Waals surface area contributed by atoms with Gasteiger partial charge in [-0.25, -0.2) is 18.4 Å². The minimum absolute atomic E-state index is 0.0818. The van der Waals surface area contributed by atoms with Gasteiger partial charge in [-0.2, -0.15) is 4.31 Å². The van der Waals surface area contributed by atoms with Gasteiger partial charge in [0.1, 0.15) is 10.0 Å². The summed E-state index contributed by atoms with van der Waals surface area (Å²) in [6.45, 7) is 4.87. The van der Waals surface area contributed by atoms with Crippen molar-refractivity contribution in [3.05, 3.63) is 40.8 Å². The van der Waals surface area contributed by atoms with Crippen LogP contribution in [0.1, 0.15) is 29.6 Å². The zero-order valence-corrected chi connectivity index (χ0v) is 13.6. The number of aromatic nitrogens is 2. The van der Waals surface area contributed by atoms with E-state index in [9.17, 15) is 8.42 Å². The van der Waals surface area contributed by atoms with E-state index in [1.165, 1.54) is 11.3 Å². The molecule has 5 nitrogen and oxygen atoms in total. The largest absolute Gasteiger partial charge is 0.252 e. The molecule has 0 aromatic carbocycles. The monoisotopic (exact) mass is 323 g/mol. The molecule has 21 heavy (non-hydrogen) atoms. The molecule has 112 valence electrons. The Balaban J connectivity index is 1.82. The molecule has 2 aromatic heterocycles. The first-order valence-corrected chi connectivity index (χ1v) is 9.14. The van der Waals surface area contributed by atoms with Crippen molar-refractivity contribution < 1.29 is 8.42 Å². The molecule has 2 aromatic rings. The molecule has 0 aliphatic carbocycles. The summed E-state index contributed by atoms with van der Waals surface area (Å²) in [7, 11) is -3.36. The van der Waals surface area contributed by atoms with Crippen LogP contribution >= 0.6 is 11.3 Å². The molecule has 3 rings (SSSR count). The van der Waals surface area contributed by atoms with Crippen LogP contribution in [0.4, 0.5) is 0 Å². The molecule has 0 saturated carbocycles. The Kier molecular flexibility index (Phi) is 3.81. The van der Waals surface area contributed by atoms with Gasteiger partial charge in [-0.3, -0.25) is 0 Å². The van der Waals surface area contributed by atoms with E-state index in [2.05, 4.69) is 9.97 Å². The SMILES string of the molecule is Cc1cc(C)nc([C@@H]2CCN(S(=O)(=O)c3cccs3)C2)n1. The third kappa shape index (κ3) is 2.86. The van der Waals surface area contributed by atoms with Crippen LogP contribution in [0.3, 0.4) is 0 Å². The van der Waals surface area contributed by atoms with Crippen molar-refractivity contribution >= 4 is 21.4 Å². The molecule has 0 bridgehead atoms. The second-order valence-corrected chi connectivity index (χ2v) is 8.40. The quantitative estimate of drug-likeness (QED) is 0.870. The summed E-state index contributed by atoms with van der Waals surface area (Å²) in [6, 6.07) is 5.34. The molecule has 0 radical (unpaired) electrons. The number of thiophene rings is 1. The first-order chi connectivity index (χ1) is 9.96. The highest BCUT2D eigenvalue weighted by molar-refractivity contribution is 7.91.